The summed E-state index contributed by atoms with van der Waals surface area (Å²) in [7, 11) is 0. The Labute approximate surface area is 119 Å². The van der Waals surface area contributed by atoms with Crippen molar-refractivity contribution in [1.82, 2.24) is 10.2 Å². The van der Waals surface area contributed by atoms with Crippen molar-refractivity contribution in [3.05, 3.63) is 42.1 Å². The van der Waals surface area contributed by atoms with Crippen molar-refractivity contribution in [3.8, 4) is 5.75 Å². The van der Waals surface area contributed by atoms with Gasteiger partial charge in [0.1, 0.15) is 5.75 Å². The number of nitrogens with zero attached hydrogens (tertiary/aromatic N) is 2. The first-order valence-electron chi connectivity index (χ1n) is 6.91. The van der Waals surface area contributed by atoms with Crippen molar-refractivity contribution in [2.45, 2.75) is 32.7 Å². The lowest BCUT2D eigenvalue weighted by atomic mass is 10.1. The zero-order chi connectivity index (χ0) is 14.4. The van der Waals surface area contributed by atoms with Gasteiger partial charge in [-0.15, -0.1) is 10.2 Å². The van der Waals surface area contributed by atoms with Crippen molar-refractivity contribution in [2.75, 3.05) is 6.61 Å². The van der Waals surface area contributed by atoms with Crippen LogP contribution in [0.15, 0.2) is 34.7 Å². The standard InChI is InChI=1S/C15H21N3O2/c1-11(2)10-13(16)15-18-17-14(20-15)8-9-19-12-6-4-3-5-7-12/h3-7,11,13H,8-10,16H2,1-2H3. The van der Waals surface area contributed by atoms with E-state index in [1.165, 1.54) is 0 Å². The predicted molar refractivity (Wildman–Crippen MR) is 76.3 cm³/mol. The minimum absolute atomic E-state index is 0.189. The monoisotopic (exact) mass is 275 g/mol. The van der Waals surface area contributed by atoms with Crippen LogP contribution < -0.4 is 10.5 Å². The smallest absolute Gasteiger partial charge is 0.233 e. The second-order valence-electron chi connectivity index (χ2n) is 5.18. The highest BCUT2D eigenvalue weighted by Gasteiger charge is 2.15. The number of hydrogen-bond acceptors (Lipinski definition) is 5. The highest BCUT2D eigenvalue weighted by atomic mass is 16.5. The van der Waals surface area contributed by atoms with Crippen molar-refractivity contribution < 1.29 is 9.15 Å². The van der Waals surface area contributed by atoms with Crippen molar-refractivity contribution in [3.63, 3.8) is 0 Å². The van der Waals surface area contributed by atoms with Crippen LogP contribution >= 0.6 is 0 Å². The van der Waals surface area contributed by atoms with Gasteiger partial charge in [0.15, 0.2) is 0 Å². The molecule has 0 saturated heterocycles. The molecule has 1 aromatic heterocycles. The van der Waals surface area contributed by atoms with Gasteiger partial charge in [0.05, 0.1) is 19.1 Å². The van der Waals surface area contributed by atoms with Crippen LogP contribution in [-0.4, -0.2) is 16.8 Å². The Morgan fingerprint density at radius 2 is 1.95 bits per heavy atom. The lowest BCUT2D eigenvalue weighted by Crippen LogP contribution is -2.13. The summed E-state index contributed by atoms with van der Waals surface area (Å²) in [5.74, 6) is 2.41. The van der Waals surface area contributed by atoms with Crippen molar-refractivity contribution in [2.24, 2.45) is 11.7 Å². The maximum absolute atomic E-state index is 6.00. The Hall–Kier alpha value is -1.88. The molecule has 5 nitrogen and oxygen atoms in total. The van der Waals surface area contributed by atoms with Gasteiger partial charge in [0.2, 0.25) is 11.8 Å². The molecule has 2 N–H and O–H groups in total. The molecule has 0 aliphatic rings. The molecule has 0 radical (unpaired) electrons. The second kappa shape index (κ2) is 7.05. The van der Waals surface area contributed by atoms with Crippen LogP contribution in [0.4, 0.5) is 0 Å². The molecule has 0 saturated carbocycles. The van der Waals surface area contributed by atoms with Crippen LogP contribution in [0.3, 0.4) is 0 Å². The molecule has 2 aromatic rings. The number of para-hydroxylation sites is 1. The van der Waals surface area contributed by atoms with E-state index in [1.54, 1.807) is 0 Å². The highest BCUT2D eigenvalue weighted by molar-refractivity contribution is 5.20. The SMILES string of the molecule is CC(C)CC(N)c1nnc(CCOc2ccccc2)o1. The van der Waals surface area contributed by atoms with Crippen LogP contribution in [0.25, 0.3) is 0 Å². The van der Waals surface area contributed by atoms with Crippen LogP contribution in [0.5, 0.6) is 5.75 Å². The van der Waals surface area contributed by atoms with E-state index in [2.05, 4.69) is 24.0 Å². The number of benzene rings is 1. The van der Waals surface area contributed by atoms with E-state index in [4.69, 9.17) is 14.9 Å². The van der Waals surface area contributed by atoms with Crippen molar-refractivity contribution in [1.29, 1.82) is 0 Å². The summed E-state index contributed by atoms with van der Waals surface area (Å²) in [5.41, 5.74) is 6.00. The van der Waals surface area contributed by atoms with Crippen LogP contribution in [-0.2, 0) is 6.42 Å². The van der Waals surface area contributed by atoms with E-state index < -0.39 is 0 Å². The van der Waals surface area contributed by atoms with Gasteiger partial charge in [-0.05, 0) is 24.5 Å². The third-order valence-corrected chi connectivity index (χ3v) is 2.85. The minimum atomic E-state index is -0.189. The Balaban J connectivity index is 1.81. The van der Waals surface area contributed by atoms with E-state index in [0.717, 1.165) is 12.2 Å². The number of aromatic nitrogens is 2. The summed E-state index contributed by atoms with van der Waals surface area (Å²) < 4.78 is 11.1. The molecular weight excluding hydrogens is 254 g/mol. The third-order valence-electron chi connectivity index (χ3n) is 2.85. The molecule has 1 unspecified atom stereocenters. The molecule has 20 heavy (non-hydrogen) atoms. The molecule has 5 heteroatoms. The van der Waals surface area contributed by atoms with Crippen LogP contribution in [0.1, 0.15) is 38.1 Å². The van der Waals surface area contributed by atoms with Gasteiger partial charge in [0.25, 0.3) is 0 Å². The summed E-state index contributed by atoms with van der Waals surface area (Å²) in [4.78, 5) is 0. The van der Waals surface area contributed by atoms with Gasteiger partial charge < -0.3 is 14.9 Å². The zero-order valence-corrected chi connectivity index (χ0v) is 12.0. The molecule has 0 aliphatic heterocycles. The largest absolute Gasteiger partial charge is 0.493 e. The average molecular weight is 275 g/mol. The first-order chi connectivity index (χ1) is 9.65. The normalized spacial score (nSPS) is 12.6. The van der Waals surface area contributed by atoms with E-state index in [1.807, 2.05) is 30.3 Å². The molecule has 1 heterocycles. The zero-order valence-electron chi connectivity index (χ0n) is 12.0. The summed E-state index contributed by atoms with van der Waals surface area (Å²) in [6.45, 7) is 4.74. The quantitative estimate of drug-likeness (QED) is 0.841. The number of nitrogens with two attached hydrogens (primary N) is 1. The minimum Gasteiger partial charge on any atom is -0.493 e. The van der Waals surface area contributed by atoms with Gasteiger partial charge in [-0.3, -0.25) is 0 Å². The molecule has 1 aromatic carbocycles. The van der Waals surface area contributed by atoms with E-state index >= 15 is 0 Å². The van der Waals surface area contributed by atoms with Gasteiger partial charge >= 0.3 is 0 Å². The molecule has 0 aliphatic carbocycles. The molecule has 2 rings (SSSR count). The molecule has 108 valence electrons. The number of rotatable bonds is 7. The Morgan fingerprint density at radius 3 is 2.65 bits per heavy atom. The fraction of sp³-hybridized carbons (Fsp3) is 0.467. The molecule has 0 fully saturated rings. The number of ether oxygens (including phenoxy) is 1. The molecule has 0 spiro atoms. The summed E-state index contributed by atoms with van der Waals surface area (Å²) in [5, 5.41) is 8.00. The Morgan fingerprint density at radius 1 is 1.20 bits per heavy atom. The maximum atomic E-state index is 6.00. The van der Waals surface area contributed by atoms with E-state index in [9.17, 15) is 0 Å². The number of hydrogen-bond donors (Lipinski definition) is 1. The first kappa shape index (κ1) is 14.5. The van der Waals surface area contributed by atoms with Crippen LogP contribution in [0.2, 0.25) is 0 Å². The van der Waals surface area contributed by atoms with E-state index in [-0.39, 0.29) is 6.04 Å². The fourth-order valence-corrected chi connectivity index (χ4v) is 1.90. The second-order valence-corrected chi connectivity index (χ2v) is 5.18. The van der Waals surface area contributed by atoms with Gasteiger partial charge in [-0.1, -0.05) is 32.0 Å². The fourth-order valence-electron chi connectivity index (χ4n) is 1.90. The predicted octanol–water partition coefficient (Wildman–Crippen LogP) is 2.74. The average Bonchev–Trinajstić information content (AvgIpc) is 2.88. The van der Waals surface area contributed by atoms with Crippen LogP contribution in [0, 0.1) is 5.92 Å². The Bertz CT molecular complexity index is 511. The summed E-state index contributed by atoms with van der Waals surface area (Å²) in [6.07, 6.45) is 1.42. The van der Waals surface area contributed by atoms with Gasteiger partial charge in [-0.25, -0.2) is 0 Å². The molecule has 0 bridgehead atoms. The summed E-state index contributed by atoms with van der Waals surface area (Å²) >= 11 is 0. The van der Waals surface area contributed by atoms with Gasteiger partial charge in [-0.2, -0.15) is 0 Å². The van der Waals surface area contributed by atoms with Gasteiger partial charge in [0, 0.05) is 0 Å². The topological polar surface area (TPSA) is 74.2 Å². The summed E-state index contributed by atoms with van der Waals surface area (Å²) in [6, 6.07) is 9.46. The maximum Gasteiger partial charge on any atom is 0.233 e. The molecule has 0 amide bonds. The van der Waals surface area contributed by atoms with E-state index in [0.29, 0.717) is 30.7 Å². The lowest BCUT2D eigenvalue weighted by Gasteiger charge is -2.08. The van der Waals surface area contributed by atoms with Crippen molar-refractivity contribution >= 4 is 0 Å². The molecular formula is C15H21N3O2. The molecule has 1 atom stereocenters. The lowest BCUT2D eigenvalue weighted by molar-refractivity contribution is 0.300. The highest BCUT2D eigenvalue weighted by Crippen LogP contribution is 2.17. The third kappa shape index (κ3) is 4.35. The Kier molecular flexibility index (Phi) is 5.12. The first-order valence-corrected chi connectivity index (χ1v) is 6.91.